The molecule has 3 aromatic rings. The van der Waals surface area contributed by atoms with Crippen LogP contribution in [0.25, 0.3) is 5.69 Å². The molecule has 1 heterocycles. The van der Waals surface area contributed by atoms with Crippen molar-refractivity contribution in [1.82, 2.24) is 20.2 Å². The summed E-state index contributed by atoms with van der Waals surface area (Å²) in [4.78, 5) is 10.2. The average Bonchev–Trinajstić information content (AvgIpc) is 3.08. The van der Waals surface area contributed by atoms with Crippen molar-refractivity contribution in [3.8, 4) is 5.69 Å². The second-order valence-corrected chi connectivity index (χ2v) is 5.83. The van der Waals surface area contributed by atoms with Gasteiger partial charge in [0.2, 0.25) is 0 Å². The highest BCUT2D eigenvalue weighted by molar-refractivity contribution is 9.10. The van der Waals surface area contributed by atoms with Gasteiger partial charge in [0.25, 0.3) is 5.69 Å². The smallest absolute Gasteiger partial charge is 0.269 e. The van der Waals surface area contributed by atoms with Crippen molar-refractivity contribution in [2.45, 2.75) is 6.42 Å². The lowest BCUT2D eigenvalue weighted by Gasteiger charge is -2.03. The number of hydrogen-bond acceptors (Lipinski definition) is 7. The summed E-state index contributed by atoms with van der Waals surface area (Å²) < 4.78 is 2.60. The van der Waals surface area contributed by atoms with E-state index in [1.807, 2.05) is 24.3 Å². The number of non-ortho nitro benzene ring substituents is 1. The molecule has 0 fully saturated rings. The normalized spacial score (nSPS) is 10.9. The van der Waals surface area contributed by atoms with Gasteiger partial charge < -0.3 is 0 Å². The largest absolute Gasteiger partial charge is 0.279 e. The molecule has 1 aromatic heterocycles. The number of rotatable bonds is 6. The van der Waals surface area contributed by atoms with E-state index in [9.17, 15) is 10.1 Å². The standard InChI is InChI=1S/C15H12BrN7O2/c16-11-1-5-13(6-2-11)22-15(19-20-21-22)9-10-17-18-12-3-7-14(8-4-12)23(24)25/h1-8,10,18H,9H2/b17-10+. The summed E-state index contributed by atoms with van der Waals surface area (Å²) in [6.45, 7) is 0. The van der Waals surface area contributed by atoms with E-state index in [2.05, 4.69) is 42.0 Å². The first-order valence-corrected chi connectivity index (χ1v) is 7.98. The van der Waals surface area contributed by atoms with Gasteiger partial charge in [0.05, 0.1) is 16.3 Å². The molecule has 0 aliphatic heterocycles. The van der Waals surface area contributed by atoms with Gasteiger partial charge in [-0.2, -0.15) is 9.78 Å². The summed E-state index contributed by atoms with van der Waals surface area (Å²) in [5.41, 5.74) is 4.33. The Bertz CT molecular complexity index is 891. The Labute approximate surface area is 150 Å². The Morgan fingerprint density at radius 3 is 2.60 bits per heavy atom. The zero-order valence-corrected chi connectivity index (χ0v) is 14.4. The van der Waals surface area contributed by atoms with Gasteiger partial charge in [-0.3, -0.25) is 15.5 Å². The Morgan fingerprint density at radius 2 is 1.92 bits per heavy atom. The highest BCUT2D eigenvalue weighted by atomic mass is 79.9. The molecule has 9 nitrogen and oxygen atoms in total. The molecule has 0 saturated carbocycles. The van der Waals surface area contributed by atoms with Crippen LogP contribution in [0.4, 0.5) is 11.4 Å². The maximum Gasteiger partial charge on any atom is 0.269 e. The van der Waals surface area contributed by atoms with Crippen LogP contribution < -0.4 is 5.43 Å². The van der Waals surface area contributed by atoms with Gasteiger partial charge in [-0.05, 0) is 46.8 Å². The predicted molar refractivity (Wildman–Crippen MR) is 95.8 cm³/mol. The number of aromatic nitrogens is 4. The number of halogens is 1. The molecule has 3 rings (SSSR count). The molecule has 0 amide bonds. The van der Waals surface area contributed by atoms with Crippen LogP contribution in [0.5, 0.6) is 0 Å². The van der Waals surface area contributed by atoms with Crippen molar-refractivity contribution in [3.63, 3.8) is 0 Å². The predicted octanol–water partition coefficient (Wildman–Crippen LogP) is 2.97. The van der Waals surface area contributed by atoms with Gasteiger partial charge in [0, 0.05) is 29.2 Å². The fourth-order valence-corrected chi connectivity index (χ4v) is 2.29. The summed E-state index contributed by atoms with van der Waals surface area (Å²) in [5, 5.41) is 26.3. The SMILES string of the molecule is O=[N+]([O-])c1ccc(N/N=C/Cc2nnnn2-c2ccc(Br)cc2)cc1. The van der Waals surface area contributed by atoms with E-state index < -0.39 is 4.92 Å². The number of nitrogens with zero attached hydrogens (tertiary/aromatic N) is 6. The molecule has 10 heteroatoms. The minimum absolute atomic E-state index is 0.0307. The van der Waals surface area contributed by atoms with E-state index in [1.165, 1.54) is 12.1 Å². The lowest BCUT2D eigenvalue weighted by Crippen LogP contribution is -2.04. The first-order valence-electron chi connectivity index (χ1n) is 7.18. The number of nitro benzene ring substituents is 1. The molecular weight excluding hydrogens is 390 g/mol. The highest BCUT2D eigenvalue weighted by Gasteiger charge is 2.07. The number of nitrogens with one attached hydrogen (secondary N) is 1. The molecular formula is C15H12BrN7O2. The van der Waals surface area contributed by atoms with E-state index in [-0.39, 0.29) is 5.69 Å². The van der Waals surface area contributed by atoms with Gasteiger partial charge in [-0.1, -0.05) is 15.9 Å². The van der Waals surface area contributed by atoms with E-state index in [4.69, 9.17) is 0 Å². The molecule has 0 bridgehead atoms. The number of tetrazole rings is 1. The van der Waals surface area contributed by atoms with Crippen LogP contribution in [-0.4, -0.2) is 31.3 Å². The molecule has 0 aliphatic rings. The molecule has 0 aliphatic carbocycles. The van der Waals surface area contributed by atoms with E-state index >= 15 is 0 Å². The van der Waals surface area contributed by atoms with Crippen LogP contribution in [-0.2, 0) is 6.42 Å². The van der Waals surface area contributed by atoms with Crippen molar-refractivity contribution in [2.75, 3.05) is 5.43 Å². The zero-order valence-electron chi connectivity index (χ0n) is 12.8. The molecule has 1 N–H and O–H groups in total. The molecule has 0 atom stereocenters. The van der Waals surface area contributed by atoms with Gasteiger partial charge in [0.15, 0.2) is 5.82 Å². The fourth-order valence-electron chi connectivity index (χ4n) is 2.02. The summed E-state index contributed by atoms with van der Waals surface area (Å²) >= 11 is 3.39. The quantitative estimate of drug-likeness (QED) is 0.386. The molecule has 0 spiro atoms. The Balaban J connectivity index is 1.62. The van der Waals surface area contributed by atoms with E-state index in [1.54, 1.807) is 23.0 Å². The zero-order chi connectivity index (χ0) is 17.6. The van der Waals surface area contributed by atoms with Crippen molar-refractivity contribution in [3.05, 3.63) is 68.9 Å². The summed E-state index contributed by atoms with van der Waals surface area (Å²) in [5.74, 6) is 0.636. The second kappa shape index (κ2) is 7.62. The number of nitro groups is 1. The molecule has 0 saturated heterocycles. The van der Waals surface area contributed by atoms with Crippen LogP contribution in [0.2, 0.25) is 0 Å². The molecule has 126 valence electrons. The Hall–Kier alpha value is -3.14. The monoisotopic (exact) mass is 401 g/mol. The molecule has 0 radical (unpaired) electrons. The van der Waals surface area contributed by atoms with Gasteiger partial charge in [0.1, 0.15) is 0 Å². The van der Waals surface area contributed by atoms with Crippen LogP contribution in [0.1, 0.15) is 5.82 Å². The maximum absolute atomic E-state index is 10.6. The maximum atomic E-state index is 10.6. The first kappa shape index (κ1) is 16.7. The summed E-state index contributed by atoms with van der Waals surface area (Å²) in [7, 11) is 0. The Kier molecular flexibility index (Phi) is 5.09. The van der Waals surface area contributed by atoms with Crippen LogP contribution >= 0.6 is 15.9 Å². The third-order valence-electron chi connectivity index (χ3n) is 3.24. The fraction of sp³-hybridized carbons (Fsp3) is 0.0667. The topological polar surface area (TPSA) is 111 Å². The molecule has 0 unspecified atom stereocenters. The average molecular weight is 402 g/mol. The number of benzene rings is 2. The lowest BCUT2D eigenvalue weighted by atomic mass is 10.3. The molecule has 2 aromatic carbocycles. The van der Waals surface area contributed by atoms with Gasteiger partial charge >= 0.3 is 0 Å². The van der Waals surface area contributed by atoms with Gasteiger partial charge in [-0.15, -0.1) is 5.10 Å². The third-order valence-corrected chi connectivity index (χ3v) is 3.77. The summed E-state index contributed by atoms with van der Waals surface area (Å²) in [6.07, 6.45) is 2.05. The van der Waals surface area contributed by atoms with Crippen molar-refractivity contribution in [1.29, 1.82) is 0 Å². The van der Waals surface area contributed by atoms with E-state index in [0.29, 0.717) is 17.9 Å². The number of hydrogen-bond donors (Lipinski definition) is 1. The van der Waals surface area contributed by atoms with Crippen molar-refractivity contribution < 1.29 is 4.92 Å². The van der Waals surface area contributed by atoms with Crippen LogP contribution in [0.3, 0.4) is 0 Å². The van der Waals surface area contributed by atoms with E-state index in [0.717, 1.165) is 10.2 Å². The number of anilines is 1. The molecule has 25 heavy (non-hydrogen) atoms. The minimum Gasteiger partial charge on any atom is -0.279 e. The van der Waals surface area contributed by atoms with Crippen molar-refractivity contribution >= 4 is 33.5 Å². The van der Waals surface area contributed by atoms with Crippen LogP contribution in [0, 0.1) is 10.1 Å². The third kappa shape index (κ3) is 4.23. The van der Waals surface area contributed by atoms with Crippen LogP contribution in [0.15, 0.2) is 58.1 Å². The highest BCUT2D eigenvalue weighted by Crippen LogP contribution is 2.15. The lowest BCUT2D eigenvalue weighted by molar-refractivity contribution is -0.384. The Morgan fingerprint density at radius 1 is 1.20 bits per heavy atom. The minimum atomic E-state index is -0.449. The van der Waals surface area contributed by atoms with Gasteiger partial charge in [-0.25, -0.2) is 0 Å². The first-order chi connectivity index (χ1) is 12.1. The number of hydrazone groups is 1. The van der Waals surface area contributed by atoms with Crippen molar-refractivity contribution in [2.24, 2.45) is 5.10 Å². The second-order valence-electron chi connectivity index (χ2n) is 4.91. The summed E-state index contributed by atoms with van der Waals surface area (Å²) in [6, 6.07) is 13.6.